The standard InChI is InChI=1S/C24H43N5O2/c1-25-24(26-18-22-8-5-11-29(22)19-20-6-3-2-4-7-20)28-12-9-21(10-13-28)23(30)27-14-16-31-17-15-27/h20-22H,2-19H2,1H3,(H,25,26). The Morgan fingerprint density at radius 2 is 1.65 bits per heavy atom. The molecule has 7 heteroatoms. The maximum absolute atomic E-state index is 12.8. The highest BCUT2D eigenvalue weighted by atomic mass is 16.5. The van der Waals surface area contributed by atoms with Gasteiger partial charge in [-0.15, -0.1) is 0 Å². The second-order valence-electron chi connectivity index (χ2n) is 9.92. The average Bonchev–Trinajstić information content (AvgIpc) is 3.27. The molecule has 0 radical (unpaired) electrons. The molecule has 1 N–H and O–H groups in total. The van der Waals surface area contributed by atoms with Crippen LogP contribution >= 0.6 is 0 Å². The zero-order chi connectivity index (χ0) is 21.5. The molecule has 1 atom stereocenters. The topological polar surface area (TPSA) is 60.4 Å². The summed E-state index contributed by atoms with van der Waals surface area (Å²) in [5.74, 6) is 2.42. The molecule has 3 saturated heterocycles. The highest BCUT2D eigenvalue weighted by molar-refractivity contribution is 5.81. The quantitative estimate of drug-likeness (QED) is 0.532. The Bertz CT molecular complexity index is 593. The number of ether oxygens (including phenoxy) is 1. The molecule has 3 aliphatic heterocycles. The minimum Gasteiger partial charge on any atom is -0.378 e. The SMILES string of the molecule is CN=C(NCC1CCCN1CC1CCCCC1)N1CCC(C(=O)N2CCOCC2)CC1. The second-order valence-corrected chi connectivity index (χ2v) is 9.92. The van der Waals surface area contributed by atoms with Gasteiger partial charge in [-0.25, -0.2) is 0 Å². The van der Waals surface area contributed by atoms with Crippen molar-refractivity contribution < 1.29 is 9.53 Å². The molecule has 1 amide bonds. The number of aliphatic imine (C=N–C) groups is 1. The lowest BCUT2D eigenvalue weighted by Crippen LogP contribution is -2.51. The smallest absolute Gasteiger partial charge is 0.225 e. The Labute approximate surface area is 188 Å². The lowest BCUT2D eigenvalue weighted by atomic mass is 9.89. The summed E-state index contributed by atoms with van der Waals surface area (Å²) in [6.07, 6.45) is 11.6. The van der Waals surface area contributed by atoms with Gasteiger partial charge in [0.15, 0.2) is 5.96 Å². The van der Waals surface area contributed by atoms with Gasteiger partial charge in [-0.2, -0.15) is 0 Å². The van der Waals surface area contributed by atoms with Gasteiger partial charge in [0.05, 0.1) is 13.2 Å². The number of guanidine groups is 1. The maximum Gasteiger partial charge on any atom is 0.225 e. The van der Waals surface area contributed by atoms with Gasteiger partial charge in [-0.05, 0) is 51.0 Å². The van der Waals surface area contributed by atoms with Crippen molar-refractivity contribution in [1.29, 1.82) is 0 Å². The molecule has 31 heavy (non-hydrogen) atoms. The van der Waals surface area contributed by atoms with E-state index >= 15 is 0 Å². The van der Waals surface area contributed by atoms with Gasteiger partial charge in [-0.1, -0.05) is 19.3 Å². The van der Waals surface area contributed by atoms with E-state index in [1.54, 1.807) is 0 Å². The summed E-state index contributed by atoms with van der Waals surface area (Å²) in [5.41, 5.74) is 0. The minimum absolute atomic E-state index is 0.160. The van der Waals surface area contributed by atoms with Crippen LogP contribution in [-0.2, 0) is 9.53 Å². The van der Waals surface area contributed by atoms with Crippen molar-refractivity contribution in [2.75, 3.05) is 66.1 Å². The molecule has 1 aliphatic carbocycles. The Balaban J connectivity index is 1.21. The molecule has 4 fully saturated rings. The van der Waals surface area contributed by atoms with Gasteiger partial charge in [0.1, 0.15) is 0 Å². The number of amides is 1. The van der Waals surface area contributed by atoms with Crippen molar-refractivity contribution in [3.63, 3.8) is 0 Å². The first kappa shape index (κ1) is 22.8. The van der Waals surface area contributed by atoms with Crippen molar-refractivity contribution in [2.45, 2.75) is 63.8 Å². The van der Waals surface area contributed by atoms with E-state index in [0.717, 1.165) is 57.4 Å². The van der Waals surface area contributed by atoms with E-state index in [1.165, 1.54) is 58.0 Å². The molecule has 0 aromatic heterocycles. The van der Waals surface area contributed by atoms with Crippen LogP contribution in [0.3, 0.4) is 0 Å². The molecule has 4 rings (SSSR count). The minimum atomic E-state index is 0.160. The predicted octanol–water partition coefficient (Wildman–Crippen LogP) is 2.18. The van der Waals surface area contributed by atoms with Gasteiger partial charge in [0.25, 0.3) is 0 Å². The average molecular weight is 434 g/mol. The van der Waals surface area contributed by atoms with Crippen LogP contribution < -0.4 is 5.32 Å². The van der Waals surface area contributed by atoms with E-state index < -0.39 is 0 Å². The molecule has 1 unspecified atom stereocenters. The summed E-state index contributed by atoms with van der Waals surface area (Å²) >= 11 is 0. The summed E-state index contributed by atoms with van der Waals surface area (Å²) in [4.78, 5) is 24.5. The Hall–Kier alpha value is -1.34. The molecular weight excluding hydrogens is 390 g/mol. The molecule has 7 nitrogen and oxygen atoms in total. The van der Waals surface area contributed by atoms with E-state index in [0.29, 0.717) is 25.2 Å². The maximum atomic E-state index is 12.8. The summed E-state index contributed by atoms with van der Waals surface area (Å²) < 4.78 is 5.39. The highest BCUT2D eigenvalue weighted by Gasteiger charge is 2.31. The number of nitrogens with one attached hydrogen (secondary N) is 1. The number of nitrogens with zero attached hydrogens (tertiary/aromatic N) is 4. The van der Waals surface area contributed by atoms with Crippen LogP contribution in [0.15, 0.2) is 4.99 Å². The number of morpholine rings is 1. The van der Waals surface area contributed by atoms with Crippen LogP contribution in [0.2, 0.25) is 0 Å². The summed E-state index contributed by atoms with van der Waals surface area (Å²) in [6, 6.07) is 0.638. The molecule has 3 heterocycles. The number of carbonyl (C=O) groups is 1. The Morgan fingerprint density at radius 3 is 2.35 bits per heavy atom. The summed E-state index contributed by atoms with van der Waals surface area (Å²) in [5, 5.41) is 3.68. The number of hydrogen-bond acceptors (Lipinski definition) is 4. The van der Waals surface area contributed by atoms with Gasteiger partial charge < -0.3 is 19.9 Å². The lowest BCUT2D eigenvalue weighted by Gasteiger charge is -2.37. The monoisotopic (exact) mass is 433 g/mol. The van der Waals surface area contributed by atoms with E-state index in [1.807, 2.05) is 11.9 Å². The summed E-state index contributed by atoms with van der Waals surface area (Å²) in [7, 11) is 1.89. The zero-order valence-electron chi connectivity index (χ0n) is 19.6. The van der Waals surface area contributed by atoms with Gasteiger partial charge in [-0.3, -0.25) is 14.7 Å². The third-order valence-corrected chi connectivity index (χ3v) is 7.89. The van der Waals surface area contributed by atoms with E-state index in [9.17, 15) is 4.79 Å². The first-order chi connectivity index (χ1) is 15.2. The Morgan fingerprint density at radius 1 is 0.903 bits per heavy atom. The number of rotatable bonds is 5. The number of likely N-dealkylation sites (tertiary alicyclic amines) is 2. The van der Waals surface area contributed by atoms with Crippen molar-refractivity contribution in [3.05, 3.63) is 0 Å². The van der Waals surface area contributed by atoms with Crippen molar-refractivity contribution in [1.82, 2.24) is 20.0 Å². The van der Waals surface area contributed by atoms with Crippen molar-refractivity contribution in [3.8, 4) is 0 Å². The molecular formula is C24H43N5O2. The fourth-order valence-electron chi connectivity index (χ4n) is 5.99. The van der Waals surface area contributed by atoms with E-state index in [4.69, 9.17) is 4.74 Å². The lowest BCUT2D eigenvalue weighted by molar-refractivity contribution is -0.140. The van der Waals surface area contributed by atoms with Crippen LogP contribution in [0.4, 0.5) is 0 Å². The molecule has 0 aromatic rings. The fourth-order valence-corrected chi connectivity index (χ4v) is 5.99. The first-order valence-electron chi connectivity index (χ1n) is 12.8. The van der Waals surface area contributed by atoms with E-state index in [2.05, 4.69) is 20.1 Å². The Kier molecular flexibility index (Phi) is 8.48. The van der Waals surface area contributed by atoms with Crippen LogP contribution in [-0.4, -0.2) is 98.7 Å². The number of carbonyl (C=O) groups excluding carboxylic acids is 1. The molecule has 1 saturated carbocycles. The summed E-state index contributed by atoms with van der Waals surface area (Å²) in [6.45, 7) is 8.23. The van der Waals surface area contributed by atoms with Crippen LogP contribution in [0.5, 0.6) is 0 Å². The molecule has 0 bridgehead atoms. The van der Waals surface area contributed by atoms with Crippen molar-refractivity contribution >= 4 is 11.9 Å². The second kappa shape index (κ2) is 11.5. The molecule has 4 aliphatic rings. The first-order valence-corrected chi connectivity index (χ1v) is 12.8. The number of hydrogen-bond donors (Lipinski definition) is 1. The largest absolute Gasteiger partial charge is 0.378 e. The predicted molar refractivity (Wildman–Crippen MR) is 124 cm³/mol. The zero-order valence-corrected chi connectivity index (χ0v) is 19.6. The third-order valence-electron chi connectivity index (χ3n) is 7.89. The van der Waals surface area contributed by atoms with Gasteiger partial charge in [0, 0.05) is 58.3 Å². The van der Waals surface area contributed by atoms with Crippen LogP contribution in [0.25, 0.3) is 0 Å². The van der Waals surface area contributed by atoms with Gasteiger partial charge >= 0.3 is 0 Å². The number of piperidine rings is 1. The normalized spacial score (nSPS) is 27.6. The third kappa shape index (κ3) is 6.13. The molecule has 0 spiro atoms. The van der Waals surface area contributed by atoms with Crippen LogP contribution in [0, 0.1) is 11.8 Å². The van der Waals surface area contributed by atoms with Gasteiger partial charge in [0.2, 0.25) is 5.91 Å². The van der Waals surface area contributed by atoms with Crippen molar-refractivity contribution in [2.24, 2.45) is 16.8 Å². The molecule has 176 valence electrons. The van der Waals surface area contributed by atoms with Crippen LogP contribution in [0.1, 0.15) is 57.8 Å². The highest BCUT2D eigenvalue weighted by Crippen LogP contribution is 2.27. The molecule has 0 aromatic carbocycles. The fraction of sp³-hybridized carbons (Fsp3) is 0.917. The van der Waals surface area contributed by atoms with E-state index in [-0.39, 0.29) is 5.92 Å².